The standard InChI is InChI=1S/BH5O5P2/c2-1(3)7-8(4,5)6/h2-3,7H,(H2,4,5,6). The first-order valence-corrected chi connectivity index (χ1v) is 5.14. The van der Waals surface area contributed by atoms with Crippen molar-refractivity contribution in [2.75, 3.05) is 0 Å². The van der Waals surface area contributed by atoms with Crippen LogP contribution in [0.3, 0.4) is 0 Å². The van der Waals surface area contributed by atoms with Crippen LogP contribution in [0.25, 0.3) is 0 Å². The second kappa shape index (κ2) is 2.92. The molecule has 8 heteroatoms. The lowest BCUT2D eigenvalue weighted by Gasteiger charge is -1.99. The number of rotatable bonds is 2. The predicted molar refractivity (Wildman–Crippen MR) is 30.6 cm³/mol. The number of hydrogen-bond donors (Lipinski definition) is 4. The Labute approximate surface area is 47.7 Å². The molecule has 48 valence electrons. The Morgan fingerprint density at radius 1 is 1.38 bits per heavy atom. The van der Waals surface area contributed by atoms with Crippen LogP contribution >= 0.6 is 15.4 Å². The molecule has 0 aromatic carbocycles. The summed E-state index contributed by atoms with van der Waals surface area (Å²) in [7, 11) is -5.32. The van der Waals surface area contributed by atoms with E-state index in [9.17, 15) is 4.57 Å². The van der Waals surface area contributed by atoms with E-state index < -0.39 is 22.3 Å². The molecule has 0 aliphatic heterocycles. The van der Waals surface area contributed by atoms with Crippen LogP contribution in [0.5, 0.6) is 0 Å². The Kier molecular flexibility index (Phi) is 3.13. The normalized spacial score (nSPS) is 13.0. The summed E-state index contributed by atoms with van der Waals surface area (Å²) in [5.41, 5.74) is 0. The van der Waals surface area contributed by atoms with Gasteiger partial charge in [0.2, 0.25) is 0 Å². The summed E-state index contributed by atoms with van der Waals surface area (Å²) in [4.78, 5) is 16.0. The van der Waals surface area contributed by atoms with Crippen LogP contribution in [0, 0.1) is 0 Å². The van der Waals surface area contributed by atoms with E-state index in [0.29, 0.717) is 0 Å². The Morgan fingerprint density at radius 2 is 1.75 bits per heavy atom. The van der Waals surface area contributed by atoms with Crippen molar-refractivity contribution in [3.05, 3.63) is 0 Å². The molecule has 0 radical (unpaired) electrons. The fourth-order valence-electron chi connectivity index (χ4n) is 0.150. The molecule has 1 unspecified atom stereocenters. The molecule has 0 aromatic rings. The summed E-state index contributed by atoms with van der Waals surface area (Å²) in [5, 5.41) is 15.9. The van der Waals surface area contributed by atoms with Crippen LogP contribution < -0.4 is 0 Å². The van der Waals surface area contributed by atoms with E-state index in [0.717, 1.165) is 0 Å². The largest absolute Gasteiger partial charge is 0.489 e. The van der Waals surface area contributed by atoms with E-state index in [4.69, 9.17) is 19.8 Å². The summed E-state index contributed by atoms with van der Waals surface area (Å²) in [6.45, 7) is -1.89. The minimum absolute atomic E-state index is 1.12. The zero-order valence-electron chi connectivity index (χ0n) is 3.72. The molecule has 0 aliphatic carbocycles. The van der Waals surface area contributed by atoms with Crippen molar-refractivity contribution in [2.24, 2.45) is 0 Å². The van der Waals surface area contributed by atoms with Crippen LogP contribution in [-0.4, -0.2) is 26.7 Å². The monoisotopic (exact) mass is 158 g/mol. The van der Waals surface area contributed by atoms with Crippen molar-refractivity contribution >= 4 is 22.3 Å². The summed E-state index contributed by atoms with van der Waals surface area (Å²) < 4.78 is 9.83. The Balaban J connectivity index is 3.56. The minimum Gasteiger partial charge on any atom is -0.423 e. The Bertz CT molecular complexity index is 103. The van der Waals surface area contributed by atoms with Gasteiger partial charge in [0.05, 0.1) is 0 Å². The van der Waals surface area contributed by atoms with Crippen molar-refractivity contribution in [1.82, 2.24) is 0 Å². The van der Waals surface area contributed by atoms with Crippen molar-refractivity contribution in [2.45, 2.75) is 0 Å². The quantitative estimate of drug-likeness (QED) is 0.296. The summed E-state index contributed by atoms with van der Waals surface area (Å²) in [6.07, 6.45) is 0. The van der Waals surface area contributed by atoms with Crippen LogP contribution in [0.15, 0.2) is 0 Å². The van der Waals surface area contributed by atoms with Gasteiger partial charge in [-0.25, -0.2) is 0 Å². The molecule has 0 saturated carbocycles. The van der Waals surface area contributed by atoms with Gasteiger partial charge in [0.15, 0.2) is 0 Å². The first kappa shape index (κ1) is 8.56. The van der Waals surface area contributed by atoms with Crippen molar-refractivity contribution in [3.8, 4) is 0 Å². The lowest BCUT2D eigenvalue weighted by molar-refractivity contribution is 0.395. The van der Waals surface area contributed by atoms with Crippen molar-refractivity contribution < 1.29 is 24.4 Å². The molecule has 0 rings (SSSR count). The third kappa shape index (κ3) is 6.56. The van der Waals surface area contributed by atoms with E-state index in [2.05, 4.69) is 0 Å². The van der Waals surface area contributed by atoms with E-state index in [-0.39, 0.29) is 0 Å². The molecule has 4 N–H and O–H groups in total. The van der Waals surface area contributed by atoms with E-state index in [1.54, 1.807) is 0 Å². The highest BCUT2D eigenvalue weighted by Crippen LogP contribution is 2.56. The Morgan fingerprint density at radius 3 is 1.75 bits per heavy atom. The number of hydrogen-bond acceptors (Lipinski definition) is 3. The molecule has 1 atom stereocenters. The predicted octanol–water partition coefficient (Wildman–Crippen LogP) is -1.27. The third-order valence-electron chi connectivity index (χ3n) is 0.284. The van der Waals surface area contributed by atoms with E-state index >= 15 is 0 Å². The van der Waals surface area contributed by atoms with Crippen molar-refractivity contribution in [3.63, 3.8) is 0 Å². The molecule has 0 bridgehead atoms. The molecular weight excluding hydrogens is 153 g/mol. The minimum atomic E-state index is -4.19. The van der Waals surface area contributed by atoms with E-state index in [1.807, 2.05) is 0 Å². The molecule has 0 saturated heterocycles. The van der Waals surface area contributed by atoms with Crippen LogP contribution in [0.1, 0.15) is 0 Å². The first-order valence-electron chi connectivity index (χ1n) is 1.61. The maximum atomic E-state index is 9.83. The zero-order valence-corrected chi connectivity index (χ0v) is 5.62. The maximum Gasteiger partial charge on any atom is 0.489 e. The van der Waals surface area contributed by atoms with Gasteiger partial charge >= 0.3 is 14.1 Å². The average molecular weight is 158 g/mol. The highest BCUT2D eigenvalue weighted by atomic mass is 32.1. The van der Waals surface area contributed by atoms with Crippen molar-refractivity contribution in [1.29, 1.82) is 0 Å². The molecule has 0 aliphatic rings. The third-order valence-corrected chi connectivity index (χ3v) is 2.55. The smallest absolute Gasteiger partial charge is 0.423 e. The van der Waals surface area contributed by atoms with E-state index in [1.165, 1.54) is 0 Å². The molecule has 0 aromatic heterocycles. The Hall–Kier alpha value is 0.565. The highest BCUT2D eigenvalue weighted by Gasteiger charge is 2.21. The fraction of sp³-hybridized carbons (Fsp3) is 0. The molecule has 5 nitrogen and oxygen atoms in total. The molecule has 0 spiro atoms. The molecule has 0 heterocycles. The van der Waals surface area contributed by atoms with Gasteiger partial charge in [0, 0.05) is 8.15 Å². The molecule has 0 amide bonds. The molecular formula is H5BO5P2. The topological polar surface area (TPSA) is 98.0 Å². The molecule has 0 fully saturated rings. The second-order valence-electron chi connectivity index (χ2n) is 1.05. The first-order chi connectivity index (χ1) is 3.42. The zero-order chi connectivity index (χ0) is 6.78. The van der Waals surface area contributed by atoms with Gasteiger partial charge in [-0.3, -0.25) is 4.57 Å². The molecule has 8 heavy (non-hydrogen) atoms. The van der Waals surface area contributed by atoms with Crippen LogP contribution in [-0.2, 0) is 4.57 Å². The second-order valence-corrected chi connectivity index (χ2v) is 5.43. The van der Waals surface area contributed by atoms with Gasteiger partial charge in [-0.1, -0.05) is 0 Å². The van der Waals surface area contributed by atoms with Gasteiger partial charge in [-0.15, -0.1) is 0 Å². The fourth-order valence-corrected chi connectivity index (χ4v) is 1.35. The van der Waals surface area contributed by atoms with Gasteiger partial charge in [0.25, 0.3) is 0 Å². The van der Waals surface area contributed by atoms with Gasteiger partial charge in [-0.05, 0) is 0 Å². The summed E-state index contributed by atoms with van der Waals surface area (Å²) in [5.74, 6) is 0. The highest BCUT2D eigenvalue weighted by molar-refractivity contribution is 8.31. The van der Waals surface area contributed by atoms with Gasteiger partial charge in [0.1, 0.15) is 0 Å². The average Bonchev–Trinajstić information content (AvgIpc) is 1.21. The van der Waals surface area contributed by atoms with Crippen LogP contribution in [0.2, 0.25) is 0 Å². The van der Waals surface area contributed by atoms with Gasteiger partial charge in [-0.2, -0.15) is 0 Å². The SMILES string of the molecule is O=P(O)(O)PB(O)O. The lowest BCUT2D eigenvalue weighted by Crippen LogP contribution is -2.01. The summed E-state index contributed by atoms with van der Waals surface area (Å²) in [6, 6.07) is 0. The van der Waals surface area contributed by atoms with Gasteiger partial charge < -0.3 is 19.8 Å². The van der Waals surface area contributed by atoms with Crippen LogP contribution in [0.4, 0.5) is 0 Å². The summed E-state index contributed by atoms with van der Waals surface area (Å²) >= 11 is 0. The maximum absolute atomic E-state index is 9.83. The lowest BCUT2D eigenvalue weighted by atomic mass is 10.4.